The van der Waals surface area contributed by atoms with Gasteiger partial charge in [0.25, 0.3) is 0 Å². The first kappa shape index (κ1) is 21.6. The minimum absolute atomic E-state index is 0. The molecule has 0 saturated carbocycles. The predicted octanol–water partition coefficient (Wildman–Crippen LogP) is 4.65. The third-order valence-electron chi connectivity index (χ3n) is 4.04. The number of fused-ring (bicyclic) bond motifs is 8. The van der Waals surface area contributed by atoms with Gasteiger partial charge in [-0.3, -0.25) is 0 Å². The number of aromatic amines is 2. The van der Waals surface area contributed by atoms with Gasteiger partial charge in [-0.2, -0.15) is 0 Å². The van der Waals surface area contributed by atoms with Crippen LogP contribution >= 0.6 is 0 Å². The number of H-pyrrole nitrogens is 2. The molecule has 2 N–H and O–H groups in total. The molecule has 0 saturated heterocycles. The number of hydrogen-bond donors (Lipinski definition) is 2. The van der Waals surface area contributed by atoms with Crippen molar-refractivity contribution in [2.45, 2.75) is 0 Å². The van der Waals surface area contributed by atoms with Gasteiger partial charge in [0.1, 0.15) is 0 Å². The van der Waals surface area contributed by atoms with Crippen molar-refractivity contribution in [2.24, 2.45) is 0 Å². The Morgan fingerprint density at radius 3 is 1.22 bits per heavy atom. The Labute approximate surface area is 190 Å². The molecule has 0 spiro atoms. The van der Waals surface area contributed by atoms with Gasteiger partial charge in [-0.25, -0.2) is 9.97 Å². The van der Waals surface area contributed by atoms with Crippen molar-refractivity contribution < 1.29 is 53.6 Å². The predicted molar refractivity (Wildman–Crippen MR) is 98.9 cm³/mol. The van der Waals surface area contributed by atoms with Crippen LogP contribution in [0.25, 0.3) is 46.4 Å². The van der Waals surface area contributed by atoms with Crippen LogP contribution in [-0.2, 0) is 53.6 Å². The smallest absolute Gasteiger partial charge is 0.0659 e. The van der Waals surface area contributed by atoms with E-state index in [-0.39, 0.29) is 53.6 Å². The van der Waals surface area contributed by atoms with Crippen molar-refractivity contribution in [3.8, 4) is 0 Å². The van der Waals surface area contributed by atoms with Crippen LogP contribution in [0.3, 0.4) is 0 Å². The van der Waals surface area contributed by atoms with E-state index in [1.807, 2.05) is 42.5 Å². The molecule has 7 heteroatoms. The fraction of sp³-hybridized carbons (Fsp3) is 0. The molecule has 3 aromatic heterocycles. The zero-order valence-electron chi connectivity index (χ0n) is 14.0. The molecule has 4 nitrogen and oxygen atoms in total. The van der Waals surface area contributed by atoms with E-state index < -0.39 is 0 Å². The fourth-order valence-electron chi connectivity index (χ4n) is 2.94. The fourth-order valence-corrected chi connectivity index (χ4v) is 2.94. The van der Waals surface area contributed by atoms with Gasteiger partial charge in [0.15, 0.2) is 0 Å². The minimum atomic E-state index is 0. The molecule has 0 unspecified atom stereocenters. The molecule has 0 amide bonds. The van der Waals surface area contributed by atoms with Crippen LogP contribution in [0.15, 0.2) is 48.5 Å². The number of hydrogen-bond acceptors (Lipinski definition) is 2. The number of nitrogens with zero attached hydrogens (tertiary/aromatic N) is 2. The van der Waals surface area contributed by atoms with Gasteiger partial charge in [0.05, 0.1) is 22.8 Å². The second-order valence-electron chi connectivity index (χ2n) is 5.91. The average molecular weight is 471 g/mol. The summed E-state index contributed by atoms with van der Waals surface area (Å²) in [4.78, 5) is 16.0. The molecule has 134 valence electrons. The number of aromatic nitrogens is 4. The van der Waals surface area contributed by atoms with Crippen LogP contribution in [-0.4, -0.2) is 19.9 Å². The molecule has 5 rings (SSSR count). The van der Waals surface area contributed by atoms with Crippen molar-refractivity contribution in [1.82, 2.24) is 19.9 Å². The zero-order valence-corrected chi connectivity index (χ0v) is 17.8. The van der Waals surface area contributed by atoms with E-state index in [4.69, 9.17) is 0 Å². The summed E-state index contributed by atoms with van der Waals surface area (Å²) in [6.45, 7) is 0. The summed E-state index contributed by atoms with van der Waals surface area (Å²) in [5.74, 6) is 0. The standard InChI is InChI=1S/C20H14N4.Ni.2V/c1-2-14-10-16-5-6-18(23-16)12-20-8-7-19(24-20)11-17-4-3-15(22-17)9-13(1)21-14;;;/h1-12,21-22H;;;. The van der Waals surface area contributed by atoms with Crippen LogP contribution in [0.4, 0.5) is 0 Å². The third kappa shape index (κ3) is 4.76. The molecular weight excluding hydrogens is 457 g/mol. The van der Waals surface area contributed by atoms with Gasteiger partial charge in [-0.05, 0) is 72.8 Å². The molecule has 8 bridgehead atoms. The average Bonchev–Trinajstić information content (AvgIpc) is 3.32. The molecule has 2 radical (unpaired) electrons. The van der Waals surface area contributed by atoms with E-state index in [1.54, 1.807) is 0 Å². The summed E-state index contributed by atoms with van der Waals surface area (Å²) in [6, 6.07) is 16.4. The normalized spacial score (nSPS) is 11.3. The molecule has 5 heterocycles. The van der Waals surface area contributed by atoms with Crippen molar-refractivity contribution in [3.63, 3.8) is 0 Å². The summed E-state index contributed by atoms with van der Waals surface area (Å²) in [5, 5.41) is 0. The molecule has 0 fully saturated rings. The van der Waals surface area contributed by atoms with E-state index in [0.717, 1.165) is 44.8 Å². The summed E-state index contributed by atoms with van der Waals surface area (Å²) < 4.78 is 0. The van der Waals surface area contributed by atoms with Crippen molar-refractivity contribution in [3.05, 3.63) is 71.3 Å². The van der Waals surface area contributed by atoms with E-state index in [1.165, 1.54) is 0 Å². The number of rotatable bonds is 0. The first-order chi connectivity index (χ1) is 11.8. The van der Waals surface area contributed by atoms with Crippen LogP contribution in [0.2, 0.25) is 0 Å². The molecule has 0 aliphatic carbocycles. The molecular formula is C20H14N4NiV2. The zero-order chi connectivity index (χ0) is 15.9. The van der Waals surface area contributed by atoms with Crippen LogP contribution < -0.4 is 0 Å². The topological polar surface area (TPSA) is 57.4 Å². The van der Waals surface area contributed by atoms with E-state index in [0.29, 0.717) is 0 Å². The molecule has 0 atom stereocenters. The Morgan fingerprint density at radius 2 is 0.815 bits per heavy atom. The second kappa shape index (κ2) is 8.97. The largest absolute Gasteiger partial charge is 0.355 e. The maximum absolute atomic E-state index is 4.62. The maximum Gasteiger partial charge on any atom is 0.0659 e. The van der Waals surface area contributed by atoms with E-state index in [9.17, 15) is 0 Å². The molecule has 0 aromatic carbocycles. The van der Waals surface area contributed by atoms with Gasteiger partial charge in [0.2, 0.25) is 0 Å². The monoisotopic (exact) mass is 470 g/mol. The summed E-state index contributed by atoms with van der Waals surface area (Å²) >= 11 is 0. The minimum Gasteiger partial charge on any atom is -0.355 e. The molecule has 2 aliphatic heterocycles. The molecule has 2 aliphatic rings. The summed E-state index contributed by atoms with van der Waals surface area (Å²) in [7, 11) is 0. The quantitative estimate of drug-likeness (QED) is 0.324. The SMILES string of the molecule is C1=Cc2cc3ccc(cc4ccc(cc5nc(cc1n2)C=C5)[nH]4)[nH]3.[Ni].[V].[V]. The summed E-state index contributed by atoms with van der Waals surface area (Å²) in [6.07, 6.45) is 8.05. The van der Waals surface area contributed by atoms with Gasteiger partial charge >= 0.3 is 0 Å². The molecule has 3 aromatic rings. The first-order valence-electron chi connectivity index (χ1n) is 7.85. The van der Waals surface area contributed by atoms with Crippen LogP contribution in [0.1, 0.15) is 22.8 Å². The van der Waals surface area contributed by atoms with Crippen molar-refractivity contribution in [2.75, 3.05) is 0 Å². The third-order valence-corrected chi connectivity index (χ3v) is 4.04. The Hall–Kier alpha value is -1.74. The first-order valence-corrected chi connectivity index (χ1v) is 7.85. The van der Waals surface area contributed by atoms with Gasteiger partial charge in [-0.1, -0.05) is 0 Å². The van der Waals surface area contributed by atoms with Crippen molar-refractivity contribution >= 4 is 46.4 Å². The van der Waals surface area contributed by atoms with Crippen molar-refractivity contribution in [1.29, 1.82) is 0 Å². The van der Waals surface area contributed by atoms with E-state index in [2.05, 4.69) is 50.3 Å². The van der Waals surface area contributed by atoms with Crippen LogP contribution in [0.5, 0.6) is 0 Å². The maximum atomic E-state index is 4.62. The number of nitrogens with one attached hydrogen (secondary N) is 2. The molecule has 27 heavy (non-hydrogen) atoms. The van der Waals surface area contributed by atoms with Gasteiger partial charge in [-0.15, -0.1) is 0 Å². The van der Waals surface area contributed by atoms with Gasteiger partial charge in [0, 0.05) is 75.7 Å². The van der Waals surface area contributed by atoms with Gasteiger partial charge < -0.3 is 9.97 Å². The van der Waals surface area contributed by atoms with E-state index >= 15 is 0 Å². The Kier molecular flexibility index (Phi) is 7.16. The Bertz CT molecular complexity index is 1090. The Balaban J connectivity index is 0.000000871. The summed E-state index contributed by atoms with van der Waals surface area (Å²) in [5.41, 5.74) is 7.86. The van der Waals surface area contributed by atoms with Crippen LogP contribution in [0, 0.1) is 0 Å². The second-order valence-corrected chi connectivity index (χ2v) is 5.91. The Morgan fingerprint density at radius 1 is 0.481 bits per heavy atom.